The summed E-state index contributed by atoms with van der Waals surface area (Å²) >= 11 is 0. The van der Waals surface area contributed by atoms with Gasteiger partial charge in [0.1, 0.15) is 0 Å². The normalized spacial score (nSPS) is 9.86. The van der Waals surface area contributed by atoms with Gasteiger partial charge in [-0.2, -0.15) is 12.1 Å². The van der Waals surface area contributed by atoms with Crippen LogP contribution in [0.5, 0.6) is 0 Å². The fourth-order valence-electron chi connectivity index (χ4n) is 4.97. The number of benzene rings is 4. The summed E-state index contributed by atoms with van der Waals surface area (Å²) in [6.07, 6.45) is 2.95. The van der Waals surface area contributed by atoms with E-state index in [-0.39, 0.29) is 50.7 Å². The van der Waals surface area contributed by atoms with Gasteiger partial charge in [0.05, 0.1) is 0 Å². The molecule has 42 heavy (non-hydrogen) atoms. The van der Waals surface area contributed by atoms with Crippen molar-refractivity contribution < 1.29 is 50.7 Å². The molecular weight excluding hydrogens is 718 g/mol. The maximum atomic E-state index is 3.38. The second kappa shape index (κ2) is 18.3. The molecule has 0 bridgehead atoms. The SMILES string of the molecule is CCc1cc2c(-c3ccc(C)cc3)cccc2[cH-]1.CCc1cc2c(-c3ccc(C)cc3)cccc2[cH-]1.[CH2-]C[CH2-].[Cl-].[Cl-].[Hf]. The standard InChI is InChI=1S/2C18H17.C3H6.2ClH.Hf/c2*1-3-14-11-16-5-4-6-17(18(16)12-14)15-9-7-13(2)8-10-15;1-3-2;;;/h2*4-12H,3H2,1-2H3;1-3H2;2*1H;/q2*-1;-2;;;/p-2. The average Bonchev–Trinajstić information content (AvgIpc) is 3.59. The van der Waals surface area contributed by atoms with Crippen LogP contribution in [0.2, 0.25) is 0 Å². The molecule has 0 aliphatic carbocycles. The van der Waals surface area contributed by atoms with E-state index in [4.69, 9.17) is 0 Å². The minimum atomic E-state index is 0. The van der Waals surface area contributed by atoms with Crippen molar-refractivity contribution in [2.75, 3.05) is 0 Å². The number of rotatable bonds is 4. The molecule has 0 spiro atoms. The van der Waals surface area contributed by atoms with Crippen LogP contribution < -0.4 is 24.8 Å². The molecule has 0 unspecified atom stereocenters. The number of fused-ring (bicyclic) bond motifs is 2. The van der Waals surface area contributed by atoms with Crippen molar-refractivity contribution in [3.8, 4) is 22.3 Å². The van der Waals surface area contributed by atoms with Gasteiger partial charge in [-0.15, -0.1) is 69.1 Å². The Hall–Kier alpha value is -2.45. The summed E-state index contributed by atoms with van der Waals surface area (Å²) in [5, 5.41) is 5.45. The first kappa shape index (κ1) is 37.6. The largest absolute Gasteiger partial charge is 1.00 e. The first-order valence-corrected chi connectivity index (χ1v) is 14.1. The monoisotopic (exact) mass is 758 g/mol. The fourth-order valence-corrected chi connectivity index (χ4v) is 4.97. The van der Waals surface area contributed by atoms with Gasteiger partial charge in [-0.3, -0.25) is 0 Å². The molecule has 220 valence electrons. The van der Waals surface area contributed by atoms with E-state index in [1.165, 1.54) is 66.1 Å². The molecule has 6 rings (SSSR count). The van der Waals surface area contributed by atoms with Crippen LogP contribution in [0.15, 0.2) is 109 Å². The van der Waals surface area contributed by atoms with E-state index in [1.54, 1.807) is 0 Å². The van der Waals surface area contributed by atoms with Gasteiger partial charge in [-0.05, 0) is 37.8 Å². The van der Waals surface area contributed by atoms with Crippen LogP contribution in [0, 0.1) is 27.7 Å². The van der Waals surface area contributed by atoms with Crippen LogP contribution in [0.4, 0.5) is 0 Å². The second-order valence-corrected chi connectivity index (χ2v) is 10.1. The molecule has 0 N–H and O–H groups in total. The fraction of sp³-hybridized carbons (Fsp3) is 0.179. The average molecular weight is 758 g/mol. The predicted molar refractivity (Wildman–Crippen MR) is 174 cm³/mol. The third kappa shape index (κ3) is 9.27. The predicted octanol–water partition coefficient (Wildman–Crippen LogP) is 5.24. The van der Waals surface area contributed by atoms with Crippen LogP contribution in [0.3, 0.4) is 0 Å². The molecule has 0 aliphatic rings. The minimum absolute atomic E-state index is 0. The molecule has 0 radical (unpaired) electrons. The third-order valence-electron chi connectivity index (χ3n) is 7.16. The molecule has 0 saturated carbocycles. The van der Waals surface area contributed by atoms with Gasteiger partial charge < -0.3 is 45.1 Å². The number of hydrogen-bond acceptors (Lipinski definition) is 0. The minimum Gasteiger partial charge on any atom is -1.00 e. The Balaban J connectivity index is 0.000000361. The molecule has 6 aromatic carbocycles. The van der Waals surface area contributed by atoms with Crippen molar-refractivity contribution in [1.82, 2.24) is 0 Å². The van der Waals surface area contributed by atoms with E-state index in [9.17, 15) is 0 Å². The summed E-state index contributed by atoms with van der Waals surface area (Å²) in [6.45, 7) is 15.4. The van der Waals surface area contributed by atoms with E-state index >= 15 is 0 Å². The van der Waals surface area contributed by atoms with Gasteiger partial charge >= 0.3 is 0 Å². The molecule has 0 aliphatic heterocycles. The Labute approximate surface area is 284 Å². The zero-order valence-corrected chi connectivity index (χ0v) is 30.3. The molecule has 0 aromatic heterocycles. The summed E-state index contributed by atoms with van der Waals surface area (Å²) in [5.41, 5.74) is 10.7. The molecule has 0 saturated heterocycles. The summed E-state index contributed by atoms with van der Waals surface area (Å²) < 4.78 is 0. The topological polar surface area (TPSA) is 0 Å². The summed E-state index contributed by atoms with van der Waals surface area (Å²) in [6, 6.07) is 39.9. The van der Waals surface area contributed by atoms with E-state index in [0.29, 0.717) is 0 Å². The molecule has 0 amide bonds. The quantitative estimate of drug-likeness (QED) is 0.171. The molecule has 0 nitrogen and oxygen atoms in total. The second-order valence-electron chi connectivity index (χ2n) is 10.1. The zero-order chi connectivity index (χ0) is 27.8. The maximum absolute atomic E-state index is 3.38. The Bertz CT molecular complexity index is 1500. The Morgan fingerprint density at radius 3 is 1.19 bits per heavy atom. The van der Waals surface area contributed by atoms with Crippen LogP contribution in [0.25, 0.3) is 43.8 Å². The zero-order valence-electron chi connectivity index (χ0n) is 25.2. The van der Waals surface area contributed by atoms with E-state index in [2.05, 4.69) is 151 Å². The van der Waals surface area contributed by atoms with Crippen LogP contribution in [-0.2, 0) is 38.7 Å². The summed E-state index contributed by atoms with van der Waals surface area (Å²) in [4.78, 5) is 0. The van der Waals surface area contributed by atoms with Crippen LogP contribution in [-0.4, -0.2) is 0 Å². The molecule has 0 atom stereocenters. The van der Waals surface area contributed by atoms with Crippen LogP contribution in [0.1, 0.15) is 42.5 Å². The van der Waals surface area contributed by atoms with Gasteiger partial charge in [0.25, 0.3) is 0 Å². The van der Waals surface area contributed by atoms with Gasteiger partial charge in [-0.25, -0.2) is 0 Å². The van der Waals surface area contributed by atoms with Crippen molar-refractivity contribution in [3.63, 3.8) is 0 Å². The smallest absolute Gasteiger partial charge is 0 e. The first-order chi connectivity index (χ1) is 19.0. The van der Waals surface area contributed by atoms with E-state index in [1.807, 2.05) is 0 Å². The van der Waals surface area contributed by atoms with E-state index < -0.39 is 0 Å². The van der Waals surface area contributed by atoms with Crippen molar-refractivity contribution >= 4 is 21.5 Å². The molecule has 0 fully saturated rings. The number of hydrogen-bond donors (Lipinski definition) is 0. The molecule has 6 aromatic rings. The van der Waals surface area contributed by atoms with Gasteiger partial charge in [-0.1, -0.05) is 96.8 Å². The Morgan fingerprint density at radius 1 is 0.548 bits per heavy atom. The Kier molecular flexibility index (Phi) is 16.3. The van der Waals surface area contributed by atoms with Crippen molar-refractivity contribution in [2.24, 2.45) is 0 Å². The summed E-state index contributed by atoms with van der Waals surface area (Å²) in [5.74, 6) is 0. The molecule has 3 heteroatoms. The maximum Gasteiger partial charge on any atom is 0 e. The third-order valence-corrected chi connectivity index (χ3v) is 7.16. The van der Waals surface area contributed by atoms with Gasteiger partial charge in [0.15, 0.2) is 0 Å². The first-order valence-electron chi connectivity index (χ1n) is 14.1. The van der Waals surface area contributed by atoms with E-state index in [0.717, 1.165) is 19.3 Å². The van der Waals surface area contributed by atoms with Crippen LogP contribution >= 0.6 is 0 Å². The van der Waals surface area contributed by atoms with Crippen molar-refractivity contribution in [3.05, 3.63) is 145 Å². The summed E-state index contributed by atoms with van der Waals surface area (Å²) in [7, 11) is 0. The number of halogens is 2. The number of aryl methyl sites for hydroxylation is 4. The molecule has 0 heterocycles. The molecular formula is C39H40Cl2Hf-6. The van der Waals surface area contributed by atoms with Crippen molar-refractivity contribution in [2.45, 2.75) is 47.0 Å². The Morgan fingerprint density at radius 2 is 0.881 bits per heavy atom. The van der Waals surface area contributed by atoms with Gasteiger partial charge in [0.2, 0.25) is 0 Å². The van der Waals surface area contributed by atoms with Crippen molar-refractivity contribution in [1.29, 1.82) is 0 Å². The van der Waals surface area contributed by atoms with Gasteiger partial charge in [0, 0.05) is 25.8 Å².